The highest BCUT2D eigenvalue weighted by atomic mass is 16.1. The minimum absolute atomic E-state index is 0.377. The van der Waals surface area contributed by atoms with E-state index in [9.17, 15) is 9.59 Å². The summed E-state index contributed by atoms with van der Waals surface area (Å²) in [5.41, 5.74) is 16.7. The van der Waals surface area contributed by atoms with E-state index in [1.165, 1.54) is 0 Å². The van der Waals surface area contributed by atoms with Crippen molar-refractivity contribution in [1.29, 1.82) is 0 Å². The van der Waals surface area contributed by atoms with Crippen molar-refractivity contribution in [2.24, 2.45) is 11.5 Å². The first kappa shape index (κ1) is 14.2. The van der Waals surface area contributed by atoms with Crippen molar-refractivity contribution in [2.75, 3.05) is 5.73 Å². The van der Waals surface area contributed by atoms with Crippen LogP contribution in [-0.4, -0.2) is 11.8 Å². The molecule has 2 rings (SSSR count). The van der Waals surface area contributed by atoms with Crippen molar-refractivity contribution in [3.05, 3.63) is 65.7 Å². The van der Waals surface area contributed by atoms with Crippen LogP contribution in [0.2, 0.25) is 0 Å². The Kier molecular flexibility index (Phi) is 5.10. The van der Waals surface area contributed by atoms with Crippen LogP contribution in [-0.2, 0) is 0 Å². The molecule has 0 aliphatic carbocycles. The number of hydrogen-bond acceptors (Lipinski definition) is 3. The normalized spacial score (nSPS) is 9.05. The lowest BCUT2D eigenvalue weighted by Gasteiger charge is -1.97. The smallest absolute Gasteiger partial charge is 0.250 e. The zero-order valence-electron chi connectivity index (χ0n) is 10.2. The molecular weight excluding hydrogens is 242 g/mol. The van der Waals surface area contributed by atoms with Gasteiger partial charge in [0.2, 0.25) is 5.91 Å². The number of carbonyl (C=O) groups excluding carboxylic acids is 2. The summed E-state index contributed by atoms with van der Waals surface area (Å²) < 4.78 is 0. The number of benzene rings is 2. The molecular formula is C14H15N3O2. The van der Waals surface area contributed by atoms with Crippen LogP contribution in [0, 0.1) is 0 Å². The molecule has 0 saturated carbocycles. The van der Waals surface area contributed by atoms with Crippen LogP contribution >= 0.6 is 0 Å². The number of hydrogen-bond donors (Lipinski definition) is 3. The molecule has 0 radical (unpaired) electrons. The summed E-state index contributed by atoms with van der Waals surface area (Å²) in [6.07, 6.45) is 0. The zero-order chi connectivity index (χ0) is 14.3. The minimum atomic E-state index is -0.488. The van der Waals surface area contributed by atoms with Crippen LogP contribution < -0.4 is 17.2 Å². The Bertz CT molecular complexity index is 568. The lowest BCUT2D eigenvalue weighted by atomic mass is 10.2. The highest BCUT2D eigenvalue weighted by Gasteiger charge is 2.01. The van der Waals surface area contributed by atoms with E-state index in [1.807, 2.05) is 6.07 Å². The van der Waals surface area contributed by atoms with Crippen LogP contribution in [0.3, 0.4) is 0 Å². The second-order valence-electron chi connectivity index (χ2n) is 3.68. The maximum Gasteiger partial charge on any atom is 0.250 e. The van der Waals surface area contributed by atoms with Gasteiger partial charge in [0.15, 0.2) is 0 Å². The highest BCUT2D eigenvalue weighted by molar-refractivity contribution is 5.97. The third kappa shape index (κ3) is 4.51. The molecule has 0 bridgehead atoms. The molecule has 0 spiro atoms. The van der Waals surface area contributed by atoms with Gasteiger partial charge in [0.05, 0.1) is 5.56 Å². The summed E-state index contributed by atoms with van der Waals surface area (Å²) in [7, 11) is 0. The van der Waals surface area contributed by atoms with Gasteiger partial charge < -0.3 is 17.2 Å². The number of carbonyl (C=O) groups is 2. The first-order chi connectivity index (χ1) is 9.02. The van der Waals surface area contributed by atoms with Crippen molar-refractivity contribution in [3.8, 4) is 0 Å². The number of anilines is 1. The SMILES string of the molecule is NC(=O)c1ccccc1.NC(=O)c1ccccc1N. The molecule has 2 aromatic carbocycles. The summed E-state index contributed by atoms with van der Waals surface area (Å²) >= 11 is 0. The number of nitrogen functional groups attached to an aromatic ring is 1. The first-order valence-corrected chi connectivity index (χ1v) is 5.51. The topological polar surface area (TPSA) is 112 Å². The fraction of sp³-hybridized carbons (Fsp3) is 0. The quantitative estimate of drug-likeness (QED) is 0.701. The summed E-state index contributed by atoms with van der Waals surface area (Å²) in [6.45, 7) is 0. The predicted octanol–water partition coefficient (Wildman–Crippen LogP) is 1.15. The van der Waals surface area contributed by atoms with Crippen LogP contribution in [0.1, 0.15) is 20.7 Å². The minimum Gasteiger partial charge on any atom is -0.398 e. The van der Waals surface area contributed by atoms with Gasteiger partial charge >= 0.3 is 0 Å². The maximum atomic E-state index is 10.6. The molecule has 0 heterocycles. The second-order valence-corrected chi connectivity index (χ2v) is 3.68. The monoisotopic (exact) mass is 257 g/mol. The van der Waals surface area contributed by atoms with Gasteiger partial charge in [-0.2, -0.15) is 0 Å². The molecule has 5 nitrogen and oxygen atoms in total. The van der Waals surface area contributed by atoms with Crippen molar-refractivity contribution < 1.29 is 9.59 Å². The van der Waals surface area contributed by atoms with E-state index >= 15 is 0 Å². The Morgan fingerprint density at radius 2 is 1.26 bits per heavy atom. The lowest BCUT2D eigenvalue weighted by Crippen LogP contribution is -2.12. The zero-order valence-corrected chi connectivity index (χ0v) is 10.2. The number of nitrogens with two attached hydrogens (primary N) is 3. The fourth-order valence-corrected chi connectivity index (χ4v) is 1.32. The van der Waals surface area contributed by atoms with Gasteiger partial charge in [-0.05, 0) is 24.3 Å². The standard InChI is InChI=1S/C7H8N2O.C7H7NO/c8-6-4-2-1-3-5(6)7(9)10;8-7(9)6-4-2-1-3-5-6/h1-4H,8H2,(H2,9,10);1-5H,(H2,8,9). The largest absolute Gasteiger partial charge is 0.398 e. The molecule has 0 fully saturated rings. The van der Waals surface area contributed by atoms with Crippen LogP contribution in [0.4, 0.5) is 5.69 Å². The van der Waals surface area contributed by atoms with E-state index in [0.29, 0.717) is 16.8 Å². The van der Waals surface area contributed by atoms with E-state index in [2.05, 4.69) is 0 Å². The van der Waals surface area contributed by atoms with Crippen molar-refractivity contribution in [1.82, 2.24) is 0 Å². The van der Waals surface area contributed by atoms with E-state index in [1.54, 1.807) is 48.5 Å². The Morgan fingerprint density at radius 1 is 0.737 bits per heavy atom. The van der Waals surface area contributed by atoms with E-state index in [0.717, 1.165) is 0 Å². The average molecular weight is 257 g/mol. The van der Waals surface area contributed by atoms with Gasteiger partial charge in [-0.1, -0.05) is 30.3 Å². The number of para-hydroxylation sites is 1. The van der Waals surface area contributed by atoms with Crippen LogP contribution in [0.25, 0.3) is 0 Å². The molecule has 2 amide bonds. The molecule has 19 heavy (non-hydrogen) atoms. The molecule has 6 N–H and O–H groups in total. The summed E-state index contributed by atoms with van der Waals surface area (Å²) in [5, 5.41) is 0. The summed E-state index contributed by atoms with van der Waals surface area (Å²) in [5.74, 6) is -0.867. The molecule has 5 heteroatoms. The van der Waals surface area contributed by atoms with Gasteiger partial charge in [-0.15, -0.1) is 0 Å². The Labute approximate surface area is 111 Å². The Morgan fingerprint density at radius 3 is 1.63 bits per heavy atom. The molecule has 0 aliphatic heterocycles. The molecule has 0 aliphatic rings. The molecule has 0 aromatic heterocycles. The van der Waals surface area contributed by atoms with Crippen molar-refractivity contribution >= 4 is 17.5 Å². The molecule has 98 valence electrons. The molecule has 0 atom stereocenters. The second kappa shape index (κ2) is 6.80. The van der Waals surface area contributed by atoms with Gasteiger partial charge in [0, 0.05) is 11.3 Å². The summed E-state index contributed by atoms with van der Waals surface area (Å²) in [4.78, 5) is 21.0. The van der Waals surface area contributed by atoms with E-state index < -0.39 is 5.91 Å². The number of rotatable bonds is 2. The third-order valence-corrected chi connectivity index (χ3v) is 2.28. The number of primary amides is 2. The van der Waals surface area contributed by atoms with Gasteiger partial charge in [0.25, 0.3) is 5.91 Å². The van der Waals surface area contributed by atoms with Crippen molar-refractivity contribution in [3.63, 3.8) is 0 Å². The van der Waals surface area contributed by atoms with Gasteiger partial charge in [-0.25, -0.2) is 0 Å². The molecule has 0 saturated heterocycles. The Hall–Kier alpha value is -2.82. The summed E-state index contributed by atoms with van der Waals surface area (Å²) in [6, 6.07) is 15.5. The lowest BCUT2D eigenvalue weighted by molar-refractivity contribution is 0.0992. The molecule has 2 aromatic rings. The Balaban J connectivity index is 0.000000191. The fourth-order valence-electron chi connectivity index (χ4n) is 1.32. The highest BCUT2D eigenvalue weighted by Crippen LogP contribution is 2.08. The number of amides is 2. The average Bonchev–Trinajstić information content (AvgIpc) is 2.40. The predicted molar refractivity (Wildman–Crippen MR) is 74.3 cm³/mol. The van der Waals surface area contributed by atoms with Gasteiger partial charge in [-0.3, -0.25) is 9.59 Å². The van der Waals surface area contributed by atoms with E-state index in [-0.39, 0.29) is 5.91 Å². The molecule has 0 unspecified atom stereocenters. The van der Waals surface area contributed by atoms with E-state index in [4.69, 9.17) is 17.2 Å². The third-order valence-electron chi connectivity index (χ3n) is 2.28. The van der Waals surface area contributed by atoms with Gasteiger partial charge in [0.1, 0.15) is 0 Å². The van der Waals surface area contributed by atoms with Crippen molar-refractivity contribution in [2.45, 2.75) is 0 Å². The first-order valence-electron chi connectivity index (χ1n) is 5.51. The maximum absolute atomic E-state index is 10.6. The van der Waals surface area contributed by atoms with Crippen LogP contribution in [0.15, 0.2) is 54.6 Å². The van der Waals surface area contributed by atoms with Crippen LogP contribution in [0.5, 0.6) is 0 Å².